The number of thiophene rings is 1. The van der Waals surface area contributed by atoms with Gasteiger partial charge in [0.05, 0.1) is 0 Å². The van der Waals surface area contributed by atoms with E-state index in [2.05, 4.69) is 27.7 Å². The van der Waals surface area contributed by atoms with Crippen LogP contribution in [0.3, 0.4) is 0 Å². The highest BCUT2D eigenvalue weighted by atomic mass is 32.1. The third kappa shape index (κ3) is 2.42. The van der Waals surface area contributed by atoms with Crippen LogP contribution in [0.25, 0.3) is 16.5 Å². The quantitative estimate of drug-likeness (QED) is 0.388. The fourth-order valence-corrected chi connectivity index (χ4v) is 1.62. The van der Waals surface area contributed by atoms with E-state index < -0.39 is 0 Å². The molecule has 0 unspecified atom stereocenters. The average Bonchev–Trinajstić information content (AvgIpc) is 2.46. The Bertz CT molecular complexity index is 321. The summed E-state index contributed by atoms with van der Waals surface area (Å²) < 4.78 is 0. The molecule has 0 aliphatic carbocycles. The molecule has 0 radical (unpaired) electrons. The summed E-state index contributed by atoms with van der Waals surface area (Å²) in [5.41, 5.74) is 10.5. The van der Waals surface area contributed by atoms with Crippen LogP contribution in [0.5, 0.6) is 0 Å². The maximum absolute atomic E-state index is 8.00. The number of hydrogen-bond donors (Lipinski definition) is 0. The molecule has 0 amide bonds. The van der Waals surface area contributed by atoms with E-state index in [0.29, 0.717) is 6.54 Å². The SMILES string of the molecule is Cc1cscc1C=CCN=[N+]=[N-]. The van der Waals surface area contributed by atoms with Crippen LogP contribution < -0.4 is 0 Å². The molecule has 4 heteroatoms. The number of rotatable bonds is 3. The number of azide groups is 1. The van der Waals surface area contributed by atoms with Gasteiger partial charge in [-0.1, -0.05) is 17.3 Å². The summed E-state index contributed by atoms with van der Waals surface area (Å²) in [5, 5.41) is 7.56. The first-order valence-electron chi connectivity index (χ1n) is 3.55. The number of nitrogens with zero attached hydrogens (tertiary/aromatic N) is 3. The van der Waals surface area contributed by atoms with Gasteiger partial charge >= 0.3 is 0 Å². The molecule has 0 aromatic carbocycles. The van der Waals surface area contributed by atoms with Crippen LogP contribution in [-0.4, -0.2) is 6.54 Å². The van der Waals surface area contributed by atoms with Crippen LogP contribution in [0.2, 0.25) is 0 Å². The summed E-state index contributed by atoms with van der Waals surface area (Å²) in [7, 11) is 0. The van der Waals surface area contributed by atoms with Gasteiger partial charge in [0.2, 0.25) is 0 Å². The molecular weight excluding hydrogens is 170 g/mol. The van der Waals surface area contributed by atoms with E-state index >= 15 is 0 Å². The fraction of sp³-hybridized carbons (Fsp3) is 0.250. The molecule has 0 aliphatic heterocycles. The second-order valence-electron chi connectivity index (χ2n) is 2.33. The lowest BCUT2D eigenvalue weighted by Gasteiger charge is -1.86. The highest BCUT2D eigenvalue weighted by Gasteiger charge is 1.91. The van der Waals surface area contributed by atoms with Gasteiger partial charge in [-0.15, -0.1) is 0 Å². The highest BCUT2D eigenvalue weighted by Crippen LogP contribution is 2.14. The van der Waals surface area contributed by atoms with Gasteiger partial charge in [-0.3, -0.25) is 0 Å². The van der Waals surface area contributed by atoms with Crippen LogP contribution in [0.4, 0.5) is 0 Å². The summed E-state index contributed by atoms with van der Waals surface area (Å²) in [4.78, 5) is 2.65. The second kappa shape index (κ2) is 4.59. The minimum Gasteiger partial charge on any atom is -0.152 e. The fourth-order valence-electron chi connectivity index (χ4n) is 0.804. The molecule has 12 heavy (non-hydrogen) atoms. The van der Waals surface area contributed by atoms with Crippen LogP contribution in [0.15, 0.2) is 22.0 Å². The molecule has 0 N–H and O–H groups in total. The molecule has 0 aliphatic rings. The summed E-state index contributed by atoms with van der Waals surface area (Å²) >= 11 is 1.68. The van der Waals surface area contributed by atoms with Crippen molar-refractivity contribution in [1.29, 1.82) is 0 Å². The molecular formula is C8H9N3S. The molecule has 0 atom stereocenters. The Balaban J connectivity index is 2.57. The van der Waals surface area contributed by atoms with Crippen molar-refractivity contribution in [3.05, 3.63) is 38.4 Å². The van der Waals surface area contributed by atoms with E-state index in [1.165, 1.54) is 11.1 Å². The zero-order valence-electron chi connectivity index (χ0n) is 6.77. The normalized spacial score (nSPS) is 10.1. The Morgan fingerprint density at radius 1 is 1.67 bits per heavy atom. The van der Waals surface area contributed by atoms with Crippen LogP contribution >= 0.6 is 11.3 Å². The first-order chi connectivity index (χ1) is 5.84. The molecule has 62 valence electrons. The summed E-state index contributed by atoms with van der Waals surface area (Å²) in [6.07, 6.45) is 3.83. The van der Waals surface area contributed by atoms with Crippen molar-refractivity contribution in [3.8, 4) is 0 Å². The second-order valence-corrected chi connectivity index (χ2v) is 3.07. The molecule has 0 bridgehead atoms. The standard InChI is InChI=1S/C8H9N3S/c1-7-5-12-6-8(7)3-2-4-10-11-9/h2-3,5-6H,4H2,1H3. The van der Waals surface area contributed by atoms with Gasteiger partial charge < -0.3 is 0 Å². The lowest BCUT2D eigenvalue weighted by molar-refractivity contribution is 1.22. The van der Waals surface area contributed by atoms with Crippen molar-refractivity contribution >= 4 is 17.4 Å². The van der Waals surface area contributed by atoms with E-state index in [4.69, 9.17) is 5.53 Å². The van der Waals surface area contributed by atoms with E-state index in [1.807, 2.05) is 12.2 Å². The number of aryl methyl sites for hydroxylation is 1. The molecule has 0 saturated heterocycles. The van der Waals surface area contributed by atoms with Crippen LogP contribution in [0.1, 0.15) is 11.1 Å². The molecule has 3 nitrogen and oxygen atoms in total. The lowest BCUT2D eigenvalue weighted by atomic mass is 10.2. The Hall–Kier alpha value is -1.25. The Morgan fingerprint density at radius 2 is 2.50 bits per heavy atom. The van der Waals surface area contributed by atoms with Gasteiger partial charge in [-0.05, 0) is 34.3 Å². The van der Waals surface area contributed by atoms with Crippen LogP contribution in [-0.2, 0) is 0 Å². The Morgan fingerprint density at radius 3 is 3.08 bits per heavy atom. The van der Waals surface area contributed by atoms with Gasteiger partial charge in [-0.2, -0.15) is 11.3 Å². The summed E-state index contributed by atoms with van der Waals surface area (Å²) in [5.74, 6) is 0. The van der Waals surface area contributed by atoms with E-state index in [-0.39, 0.29) is 0 Å². The summed E-state index contributed by atoms with van der Waals surface area (Å²) in [6.45, 7) is 2.48. The maximum Gasteiger partial charge on any atom is 0.0443 e. The zero-order valence-corrected chi connectivity index (χ0v) is 7.58. The van der Waals surface area contributed by atoms with Crippen molar-refractivity contribution in [2.75, 3.05) is 6.54 Å². The number of hydrogen-bond acceptors (Lipinski definition) is 2. The molecule has 1 rings (SSSR count). The zero-order chi connectivity index (χ0) is 8.81. The Labute approximate surface area is 75.0 Å². The molecule has 1 aromatic heterocycles. The van der Waals surface area contributed by atoms with Crippen molar-refractivity contribution in [2.45, 2.75) is 6.92 Å². The van der Waals surface area contributed by atoms with Crippen molar-refractivity contribution in [1.82, 2.24) is 0 Å². The molecule has 1 heterocycles. The van der Waals surface area contributed by atoms with E-state index in [1.54, 1.807) is 11.3 Å². The highest BCUT2D eigenvalue weighted by molar-refractivity contribution is 7.08. The van der Waals surface area contributed by atoms with Crippen molar-refractivity contribution < 1.29 is 0 Å². The first-order valence-corrected chi connectivity index (χ1v) is 4.49. The monoisotopic (exact) mass is 179 g/mol. The minimum atomic E-state index is 0.422. The van der Waals surface area contributed by atoms with Crippen LogP contribution in [0, 0.1) is 6.92 Å². The molecule has 1 aromatic rings. The van der Waals surface area contributed by atoms with Crippen molar-refractivity contribution in [2.24, 2.45) is 5.11 Å². The third-order valence-electron chi connectivity index (χ3n) is 1.44. The summed E-state index contributed by atoms with van der Waals surface area (Å²) in [6, 6.07) is 0. The van der Waals surface area contributed by atoms with Crippen molar-refractivity contribution in [3.63, 3.8) is 0 Å². The largest absolute Gasteiger partial charge is 0.152 e. The smallest absolute Gasteiger partial charge is 0.0443 e. The van der Waals surface area contributed by atoms with Gasteiger partial charge in [0.25, 0.3) is 0 Å². The average molecular weight is 179 g/mol. The van der Waals surface area contributed by atoms with Gasteiger partial charge in [-0.25, -0.2) is 0 Å². The molecule has 0 spiro atoms. The minimum absolute atomic E-state index is 0.422. The lowest BCUT2D eigenvalue weighted by Crippen LogP contribution is -1.71. The Kier molecular flexibility index (Phi) is 3.38. The van der Waals surface area contributed by atoms with Gasteiger partial charge in [0, 0.05) is 11.5 Å². The predicted octanol–water partition coefficient (Wildman–Crippen LogP) is 3.38. The predicted molar refractivity (Wildman–Crippen MR) is 52.1 cm³/mol. The van der Waals surface area contributed by atoms with E-state index in [0.717, 1.165) is 0 Å². The molecule has 0 saturated carbocycles. The molecule has 0 fully saturated rings. The maximum atomic E-state index is 8.00. The first kappa shape index (κ1) is 8.84. The van der Waals surface area contributed by atoms with E-state index in [9.17, 15) is 0 Å². The topological polar surface area (TPSA) is 48.8 Å². The third-order valence-corrected chi connectivity index (χ3v) is 2.32. The van der Waals surface area contributed by atoms with Gasteiger partial charge in [0.15, 0.2) is 0 Å². The van der Waals surface area contributed by atoms with Gasteiger partial charge in [0.1, 0.15) is 0 Å².